The first-order chi connectivity index (χ1) is 19.7. The molecule has 5 rings (SSSR count). The maximum Gasteiger partial charge on any atom is 0.312 e. The number of aryl methyl sites for hydroxylation is 2. The smallest absolute Gasteiger partial charge is 0.312 e. The summed E-state index contributed by atoms with van der Waals surface area (Å²) >= 11 is 3.69. The van der Waals surface area contributed by atoms with Gasteiger partial charge in [0.25, 0.3) is 5.91 Å². The molecule has 1 spiro atoms. The van der Waals surface area contributed by atoms with Crippen LogP contribution in [0.4, 0.5) is 5.69 Å². The molecule has 3 aliphatic rings. The van der Waals surface area contributed by atoms with E-state index < -0.39 is 41.6 Å². The highest BCUT2D eigenvalue weighted by molar-refractivity contribution is 9.09. The molecule has 41 heavy (non-hydrogen) atoms. The Morgan fingerprint density at radius 1 is 1.22 bits per heavy atom. The third kappa shape index (κ3) is 4.81. The molecule has 2 amide bonds. The summed E-state index contributed by atoms with van der Waals surface area (Å²) in [6, 6.07) is 13.6. The second-order valence-electron chi connectivity index (χ2n) is 11.2. The fourth-order valence-corrected chi connectivity index (χ4v) is 8.13. The first-order valence-electron chi connectivity index (χ1n) is 14.1. The Labute approximate surface area is 249 Å². The number of ether oxygens (including phenoxy) is 2. The molecule has 3 aliphatic heterocycles. The average Bonchev–Trinajstić information content (AvgIpc) is 3.55. The molecule has 0 aromatic heterocycles. The van der Waals surface area contributed by atoms with Crippen molar-refractivity contribution < 1.29 is 29.0 Å². The van der Waals surface area contributed by atoms with Crippen LogP contribution in [0.5, 0.6) is 0 Å². The number of para-hydroxylation sites is 1. The molecular weight excluding hydrogens is 588 g/mol. The van der Waals surface area contributed by atoms with Crippen LogP contribution in [0.1, 0.15) is 30.0 Å². The molecule has 0 radical (unpaired) electrons. The van der Waals surface area contributed by atoms with Gasteiger partial charge < -0.3 is 24.4 Å². The van der Waals surface area contributed by atoms with Crippen LogP contribution in [0.3, 0.4) is 0 Å². The molecule has 7 atom stereocenters. The fourth-order valence-electron chi connectivity index (χ4n) is 7.18. The number of halogens is 1. The number of esters is 1. The topological polar surface area (TPSA) is 96.4 Å². The van der Waals surface area contributed by atoms with E-state index in [0.717, 1.165) is 22.4 Å². The minimum Gasteiger partial charge on any atom is -0.466 e. The normalized spacial score (nSPS) is 28.9. The van der Waals surface area contributed by atoms with Crippen molar-refractivity contribution in [3.05, 3.63) is 77.9 Å². The molecule has 0 saturated carbocycles. The van der Waals surface area contributed by atoms with E-state index in [4.69, 9.17) is 9.47 Å². The van der Waals surface area contributed by atoms with Gasteiger partial charge in [-0.05, 0) is 50.3 Å². The first-order valence-corrected chi connectivity index (χ1v) is 15.1. The minimum atomic E-state index is -1.26. The van der Waals surface area contributed by atoms with Gasteiger partial charge >= 0.3 is 5.97 Å². The number of fused-ring (bicyclic) bond motifs is 1. The molecule has 218 valence electrons. The van der Waals surface area contributed by atoms with Gasteiger partial charge in [-0.15, -0.1) is 6.58 Å². The van der Waals surface area contributed by atoms with E-state index >= 15 is 0 Å². The number of carbonyl (C=O) groups is 3. The molecule has 1 N–H and O–H groups in total. The zero-order valence-corrected chi connectivity index (χ0v) is 25.2. The molecule has 9 heteroatoms. The van der Waals surface area contributed by atoms with Gasteiger partial charge in [-0.2, -0.15) is 0 Å². The lowest BCUT2D eigenvalue weighted by atomic mass is 9.70. The van der Waals surface area contributed by atoms with Crippen LogP contribution in [0.2, 0.25) is 0 Å². The Morgan fingerprint density at radius 2 is 1.90 bits per heavy atom. The number of likely N-dealkylation sites (tertiary alicyclic amines) is 1. The number of alkyl halides is 1. The van der Waals surface area contributed by atoms with E-state index in [2.05, 4.69) is 22.5 Å². The lowest BCUT2D eigenvalue weighted by Crippen LogP contribution is -2.59. The molecule has 3 saturated heterocycles. The van der Waals surface area contributed by atoms with E-state index in [1.54, 1.807) is 17.9 Å². The fraction of sp³-hybridized carbons (Fsp3) is 0.469. The quantitative estimate of drug-likeness (QED) is 0.246. The third-order valence-corrected chi connectivity index (χ3v) is 9.57. The monoisotopic (exact) mass is 624 g/mol. The largest absolute Gasteiger partial charge is 0.466 e. The number of rotatable bonds is 10. The zero-order chi connectivity index (χ0) is 29.5. The van der Waals surface area contributed by atoms with E-state index in [0.29, 0.717) is 12.8 Å². The van der Waals surface area contributed by atoms with Crippen LogP contribution < -0.4 is 4.90 Å². The van der Waals surface area contributed by atoms with Crippen LogP contribution in [0, 0.1) is 25.7 Å². The van der Waals surface area contributed by atoms with E-state index in [9.17, 15) is 19.5 Å². The van der Waals surface area contributed by atoms with Crippen LogP contribution >= 0.6 is 15.9 Å². The lowest BCUT2D eigenvalue weighted by Gasteiger charge is -2.40. The van der Waals surface area contributed by atoms with Gasteiger partial charge in [0, 0.05) is 17.1 Å². The number of aliphatic hydroxyl groups excluding tert-OH is 1. The standard InChI is InChI=1S/C32H37BrN2O6/c1-5-15-34(26-19(3)11-10-12-20(26)4)30(38)28-32-17-23(33)27(41-32)24(31(39)40-6-2)25(32)29(37)35(28)22(18-36)16-21-13-8-7-9-14-21/h5,7-14,22-25,27-28,36H,1,6,15-18H2,2-4H3/t22-,23?,24+,25-,27+,28+,32-/m1/s1. The average molecular weight is 626 g/mol. The van der Waals surface area contributed by atoms with Crippen molar-refractivity contribution >= 4 is 39.4 Å². The summed E-state index contributed by atoms with van der Waals surface area (Å²) < 4.78 is 12.0. The van der Waals surface area contributed by atoms with Gasteiger partial charge in [-0.1, -0.05) is 70.5 Å². The predicted octanol–water partition coefficient (Wildman–Crippen LogP) is 3.74. The number of aliphatic hydroxyl groups is 1. The number of anilines is 1. The summed E-state index contributed by atoms with van der Waals surface area (Å²) in [6.45, 7) is 9.54. The van der Waals surface area contributed by atoms with Crippen molar-refractivity contribution in [1.82, 2.24) is 4.90 Å². The summed E-state index contributed by atoms with van der Waals surface area (Å²) in [5.74, 6) is -2.95. The third-order valence-electron chi connectivity index (χ3n) is 8.73. The van der Waals surface area contributed by atoms with E-state index in [-0.39, 0.29) is 36.4 Å². The lowest BCUT2D eigenvalue weighted by molar-refractivity contribution is -0.155. The number of hydrogen-bond donors (Lipinski definition) is 1. The van der Waals surface area contributed by atoms with Gasteiger partial charge in [0.05, 0.1) is 37.2 Å². The highest BCUT2D eigenvalue weighted by atomic mass is 79.9. The zero-order valence-electron chi connectivity index (χ0n) is 23.7. The van der Waals surface area contributed by atoms with Gasteiger partial charge in [0.15, 0.2) is 0 Å². The summed E-state index contributed by atoms with van der Waals surface area (Å²) in [5, 5.41) is 10.7. The van der Waals surface area contributed by atoms with Crippen molar-refractivity contribution in [2.45, 2.75) is 62.2 Å². The van der Waals surface area contributed by atoms with Crippen molar-refractivity contribution in [1.29, 1.82) is 0 Å². The summed E-state index contributed by atoms with van der Waals surface area (Å²) in [7, 11) is 0. The van der Waals surface area contributed by atoms with Crippen molar-refractivity contribution in [2.24, 2.45) is 11.8 Å². The molecule has 2 bridgehead atoms. The molecule has 2 aromatic rings. The first kappa shape index (κ1) is 29.5. The SMILES string of the molecule is C=CCN(C(=O)[C@@H]1N([C@@H](CO)Cc2ccccc2)C(=O)[C@H]2[C@H](C(=O)OCC)[C@H]3O[C@@]12CC3Br)c1c(C)cccc1C. The Morgan fingerprint density at radius 3 is 2.51 bits per heavy atom. The van der Waals surface area contributed by atoms with E-state index in [1.165, 1.54) is 4.90 Å². The molecule has 2 aromatic carbocycles. The minimum absolute atomic E-state index is 0.169. The summed E-state index contributed by atoms with van der Waals surface area (Å²) in [5.41, 5.74) is 2.23. The highest BCUT2D eigenvalue weighted by Crippen LogP contribution is 2.61. The van der Waals surface area contributed by atoms with Crippen molar-refractivity contribution in [3.63, 3.8) is 0 Å². The van der Waals surface area contributed by atoms with Crippen LogP contribution in [-0.2, 0) is 30.3 Å². The number of carbonyl (C=O) groups excluding carboxylic acids is 3. The van der Waals surface area contributed by atoms with Crippen LogP contribution in [-0.4, -0.2) is 76.2 Å². The second kappa shape index (κ2) is 11.7. The number of nitrogens with zero attached hydrogens (tertiary/aromatic N) is 2. The van der Waals surface area contributed by atoms with Crippen molar-refractivity contribution in [2.75, 3.05) is 24.7 Å². The van der Waals surface area contributed by atoms with Gasteiger partial charge in [-0.3, -0.25) is 14.4 Å². The Bertz CT molecular complexity index is 1310. The summed E-state index contributed by atoms with van der Waals surface area (Å²) in [4.78, 5) is 45.6. The number of benzene rings is 2. The Kier molecular flexibility index (Phi) is 8.41. The highest BCUT2D eigenvalue weighted by Gasteiger charge is 2.77. The molecule has 8 nitrogen and oxygen atoms in total. The van der Waals surface area contributed by atoms with Crippen LogP contribution in [0.25, 0.3) is 0 Å². The summed E-state index contributed by atoms with van der Waals surface area (Å²) in [6.07, 6.45) is 1.77. The Hall–Kier alpha value is -3.01. The maximum atomic E-state index is 14.9. The van der Waals surface area contributed by atoms with Crippen LogP contribution in [0.15, 0.2) is 61.2 Å². The predicted molar refractivity (Wildman–Crippen MR) is 159 cm³/mol. The number of hydrogen-bond acceptors (Lipinski definition) is 6. The molecule has 0 aliphatic carbocycles. The number of amides is 2. The van der Waals surface area contributed by atoms with Crippen molar-refractivity contribution in [3.8, 4) is 0 Å². The molecule has 3 fully saturated rings. The van der Waals surface area contributed by atoms with Gasteiger partial charge in [-0.25, -0.2) is 0 Å². The molecule has 3 heterocycles. The Balaban J connectivity index is 1.65. The second-order valence-corrected chi connectivity index (χ2v) is 12.3. The molecular formula is C32H37BrN2O6. The van der Waals surface area contributed by atoms with Gasteiger partial charge in [0.2, 0.25) is 5.91 Å². The van der Waals surface area contributed by atoms with E-state index in [1.807, 2.05) is 62.4 Å². The molecule has 1 unspecified atom stereocenters. The maximum absolute atomic E-state index is 14.9. The van der Waals surface area contributed by atoms with Gasteiger partial charge in [0.1, 0.15) is 11.6 Å².